The van der Waals surface area contributed by atoms with Gasteiger partial charge in [-0.3, -0.25) is 4.79 Å². The van der Waals surface area contributed by atoms with Crippen LogP contribution in [-0.4, -0.2) is 29.1 Å². The Bertz CT molecular complexity index is 424. The first kappa shape index (κ1) is 16.6. The summed E-state index contributed by atoms with van der Waals surface area (Å²) in [6, 6.07) is 6.41. The number of carbonyl (C=O) groups is 1. The molecule has 2 N–H and O–H groups in total. The van der Waals surface area contributed by atoms with Gasteiger partial charge in [-0.05, 0) is 30.9 Å². The lowest BCUT2D eigenvalue weighted by molar-refractivity contribution is -0.152. The number of hydrogen-bond donors (Lipinski definition) is 2. The number of methoxy groups -OCH3 is 1. The molecular weight excluding hydrogens is 263 g/mol. The molecule has 0 spiro atoms. The van der Waals surface area contributed by atoms with Crippen LogP contribution in [0.2, 0.25) is 0 Å². The lowest BCUT2D eigenvalue weighted by Crippen LogP contribution is -2.21. The van der Waals surface area contributed by atoms with Crippen LogP contribution in [0.1, 0.15) is 37.7 Å². The number of aliphatic hydroxyl groups is 2. The van der Waals surface area contributed by atoms with Gasteiger partial charge in [0.15, 0.2) is 5.79 Å². The van der Waals surface area contributed by atoms with Gasteiger partial charge in [-0.2, -0.15) is 0 Å². The summed E-state index contributed by atoms with van der Waals surface area (Å²) in [6.45, 7) is 0. The van der Waals surface area contributed by atoms with Gasteiger partial charge in [0.1, 0.15) is 5.82 Å². The van der Waals surface area contributed by atoms with Gasteiger partial charge in [0.2, 0.25) is 0 Å². The average Bonchev–Trinajstić information content (AvgIpc) is 2.82. The van der Waals surface area contributed by atoms with Gasteiger partial charge in [-0.25, -0.2) is 4.39 Å². The second kappa shape index (κ2) is 7.97. The molecular formula is C15H21FO4. The number of aryl methyl sites for hydroxylation is 1. The van der Waals surface area contributed by atoms with Crippen molar-refractivity contribution in [1.29, 1.82) is 0 Å². The summed E-state index contributed by atoms with van der Waals surface area (Å²) < 4.78 is 17.4. The van der Waals surface area contributed by atoms with Gasteiger partial charge >= 0.3 is 5.97 Å². The number of ether oxygens (including phenoxy) is 1. The van der Waals surface area contributed by atoms with Crippen molar-refractivity contribution in [2.45, 2.75) is 44.3 Å². The Kier molecular flexibility index (Phi) is 6.61. The van der Waals surface area contributed by atoms with E-state index in [2.05, 4.69) is 4.74 Å². The Balaban J connectivity index is 0.000000240. The molecule has 0 aromatic heterocycles. The van der Waals surface area contributed by atoms with Gasteiger partial charge in [-0.15, -0.1) is 0 Å². The SMILES string of the molecule is COC(=O)CCc1ccccc1F.OC1(O)CCCC1. The zero-order valence-corrected chi connectivity index (χ0v) is 11.6. The summed E-state index contributed by atoms with van der Waals surface area (Å²) in [5.74, 6) is -1.89. The van der Waals surface area contributed by atoms with Gasteiger partial charge in [-0.1, -0.05) is 18.2 Å². The molecule has 1 aromatic rings. The van der Waals surface area contributed by atoms with Crippen molar-refractivity contribution in [3.63, 3.8) is 0 Å². The molecule has 0 bridgehead atoms. The van der Waals surface area contributed by atoms with Crippen molar-refractivity contribution < 1.29 is 24.1 Å². The van der Waals surface area contributed by atoms with Crippen molar-refractivity contribution in [3.05, 3.63) is 35.6 Å². The molecule has 1 aliphatic rings. The Morgan fingerprint density at radius 3 is 2.35 bits per heavy atom. The molecule has 0 amide bonds. The van der Waals surface area contributed by atoms with Crippen LogP contribution in [0.4, 0.5) is 4.39 Å². The van der Waals surface area contributed by atoms with Gasteiger partial charge in [0.05, 0.1) is 7.11 Å². The predicted octanol–water partition coefficient (Wildman–Crippen LogP) is 2.17. The third kappa shape index (κ3) is 6.12. The Morgan fingerprint density at radius 1 is 1.30 bits per heavy atom. The first-order chi connectivity index (χ1) is 9.44. The highest BCUT2D eigenvalue weighted by Gasteiger charge is 2.26. The van der Waals surface area contributed by atoms with Crippen molar-refractivity contribution >= 4 is 5.97 Å². The largest absolute Gasteiger partial charge is 0.469 e. The molecule has 20 heavy (non-hydrogen) atoms. The van der Waals surface area contributed by atoms with E-state index < -0.39 is 5.79 Å². The minimum Gasteiger partial charge on any atom is -0.469 e. The molecule has 1 fully saturated rings. The highest BCUT2D eigenvalue weighted by Crippen LogP contribution is 2.25. The van der Waals surface area contributed by atoms with Gasteiger partial charge < -0.3 is 14.9 Å². The van der Waals surface area contributed by atoms with Crippen LogP contribution in [0, 0.1) is 5.82 Å². The zero-order chi connectivity index (χ0) is 15.0. The highest BCUT2D eigenvalue weighted by atomic mass is 19.1. The fourth-order valence-electron chi connectivity index (χ4n) is 1.98. The molecule has 1 saturated carbocycles. The number of carbonyl (C=O) groups excluding carboxylic acids is 1. The van der Waals surface area contributed by atoms with Crippen LogP contribution in [0.15, 0.2) is 24.3 Å². The molecule has 1 aliphatic carbocycles. The summed E-state index contributed by atoms with van der Waals surface area (Å²) in [4.78, 5) is 10.8. The van der Waals surface area contributed by atoms with E-state index in [4.69, 9.17) is 10.2 Å². The first-order valence-electron chi connectivity index (χ1n) is 6.69. The zero-order valence-electron chi connectivity index (χ0n) is 11.6. The summed E-state index contributed by atoms with van der Waals surface area (Å²) in [5.41, 5.74) is 0.549. The van der Waals surface area contributed by atoms with Crippen molar-refractivity contribution in [2.75, 3.05) is 7.11 Å². The monoisotopic (exact) mass is 284 g/mol. The van der Waals surface area contributed by atoms with Gasteiger partial charge in [0.25, 0.3) is 0 Å². The minimum atomic E-state index is -1.31. The standard InChI is InChI=1S/C10H11FO2.C5H10O2/c1-13-10(12)7-6-8-4-2-3-5-9(8)11;6-5(7)3-1-2-4-5/h2-5H,6-7H2,1H3;6-7H,1-4H2. The number of esters is 1. The summed E-state index contributed by atoms with van der Waals surface area (Å²) in [6.07, 6.45) is 3.66. The maximum Gasteiger partial charge on any atom is 0.305 e. The van der Waals surface area contributed by atoms with Crippen molar-refractivity contribution in [1.82, 2.24) is 0 Å². The van der Waals surface area contributed by atoms with E-state index in [0.29, 0.717) is 24.8 Å². The molecule has 0 heterocycles. The molecule has 5 heteroatoms. The lowest BCUT2D eigenvalue weighted by Gasteiger charge is -2.11. The Morgan fingerprint density at radius 2 is 1.90 bits per heavy atom. The van der Waals surface area contributed by atoms with E-state index in [9.17, 15) is 9.18 Å². The number of hydrogen-bond acceptors (Lipinski definition) is 4. The van der Waals surface area contributed by atoms with Crippen LogP contribution < -0.4 is 0 Å². The Labute approximate surface area is 118 Å². The third-order valence-electron chi connectivity index (χ3n) is 3.19. The predicted molar refractivity (Wildman–Crippen MR) is 72.4 cm³/mol. The molecule has 0 saturated heterocycles. The molecule has 0 unspecified atom stereocenters. The molecule has 0 aliphatic heterocycles. The number of benzene rings is 1. The third-order valence-corrected chi connectivity index (χ3v) is 3.19. The average molecular weight is 284 g/mol. The second-order valence-corrected chi connectivity index (χ2v) is 4.86. The van der Waals surface area contributed by atoms with E-state index in [-0.39, 0.29) is 18.2 Å². The first-order valence-corrected chi connectivity index (χ1v) is 6.69. The quantitative estimate of drug-likeness (QED) is 0.659. The van der Waals surface area contributed by atoms with Gasteiger partial charge in [0, 0.05) is 19.3 Å². The minimum absolute atomic E-state index is 0.220. The van der Waals surface area contributed by atoms with E-state index in [1.807, 2.05) is 0 Å². The summed E-state index contributed by atoms with van der Waals surface area (Å²) in [5, 5.41) is 17.5. The van der Waals surface area contributed by atoms with E-state index in [1.54, 1.807) is 18.2 Å². The summed E-state index contributed by atoms with van der Waals surface area (Å²) >= 11 is 0. The highest BCUT2D eigenvalue weighted by molar-refractivity contribution is 5.69. The molecule has 0 atom stereocenters. The van der Waals surface area contributed by atoms with Crippen LogP contribution in [0.3, 0.4) is 0 Å². The van der Waals surface area contributed by atoms with E-state index in [1.165, 1.54) is 13.2 Å². The fraction of sp³-hybridized carbons (Fsp3) is 0.533. The topological polar surface area (TPSA) is 66.8 Å². The van der Waals surface area contributed by atoms with Crippen molar-refractivity contribution in [3.8, 4) is 0 Å². The lowest BCUT2D eigenvalue weighted by atomic mass is 10.1. The fourth-order valence-corrected chi connectivity index (χ4v) is 1.98. The molecule has 4 nitrogen and oxygen atoms in total. The normalized spacial score (nSPS) is 16.2. The smallest absolute Gasteiger partial charge is 0.305 e. The number of rotatable bonds is 3. The maximum atomic E-state index is 13.0. The Hall–Kier alpha value is -1.46. The number of halogens is 1. The van der Waals surface area contributed by atoms with E-state index in [0.717, 1.165) is 12.8 Å². The van der Waals surface area contributed by atoms with Crippen LogP contribution >= 0.6 is 0 Å². The van der Waals surface area contributed by atoms with Crippen LogP contribution in [0.25, 0.3) is 0 Å². The molecule has 1 aromatic carbocycles. The summed E-state index contributed by atoms with van der Waals surface area (Å²) in [7, 11) is 1.32. The molecule has 112 valence electrons. The van der Waals surface area contributed by atoms with E-state index >= 15 is 0 Å². The van der Waals surface area contributed by atoms with Crippen molar-refractivity contribution in [2.24, 2.45) is 0 Å². The van der Waals surface area contributed by atoms with Crippen LogP contribution in [0.5, 0.6) is 0 Å². The molecule has 0 radical (unpaired) electrons. The molecule has 2 rings (SSSR count). The maximum absolute atomic E-state index is 13.0. The van der Waals surface area contributed by atoms with Crippen LogP contribution in [-0.2, 0) is 16.0 Å². The second-order valence-electron chi connectivity index (χ2n) is 4.86.